The SMILES string of the molecule is CCC(CO)(CO)NCC(O)COCc1ccc(Cl)cc1. The Kier molecular flexibility index (Phi) is 8.18. The van der Waals surface area contributed by atoms with E-state index in [1.165, 1.54) is 0 Å². The van der Waals surface area contributed by atoms with Crippen LogP contribution in [0, 0.1) is 0 Å². The monoisotopic (exact) mass is 317 g/mol. The molecule has 0 aliphatic rings. The lowest BCUT2D eigenvalue weighted by atomic mass is 9.98. The van der Waals surface area contributed by atoms with Crippen molar-refractivity contribution in [2.75, 3.05) is 26.4 Å². The van der Waals surface area contributed by atoms with Crippen molar-refractivity contribution in [1.82, 2.24) is 5.32 Å². The van der Waals surface area contributed by atoms with E-state index in [1.54, 1.807) is 12.1 Å². The van der Waals surface area contributed by atoms with Gasteiger partial charge in [0.2, 0.25) is 0 Å². The Bertz CT molecular complexity index is 387. The Balaban J connectivity index is 2.27. The largest absolute Gasteiger partial charge is 0.394 e. The van der Waals surface area contributed by atoms with Crippen molar-refractivity contribution in [3.05, 3.63) is 34.9 Å². The van der Waals surface area contributed by atoms with Gasteiger partial charge in [0.05, 0.1) is 38.1 Å². The molecule has 0 heterocycles. The fourth-order valence-electron chi connectivity index (χ4n) is 1.80. The molecule has 21 heavy (non-hydrogen) atoms. The predicted molar refractivity (Wildman–Crippen MR) is 82.3 cm³/mol. The van der Waals surface area contributed by atoms with Gasteiger partial charge >= 0.3 is 0 Å². The summed E-state index contributed by atoms with van der Waals surface area (Å²) in [6, 6.07) is 7.31. The van der Waals surface area contributed by atoms with Crippen LogP contribution in [0.2, 0.25) is 5.02 Å². The van der Waals surface area contributed by atoms with E-state index in [2.05, 4.69) is 5.32 Å². The van der Waals surface area contributed by atoms with E-state index in [0.717, 1.165) is 5.56 Å². The van der Waals surface area contributed by atoms with E-state index in [-0.39, 0.29) is 26.4 Å². The quantitative estimate of drug-likeness (QED) is 0.516. The number of halogens is 1. The van der Waals surface area contributed by atoms with Crippen LogP contribution in [0.4, 0.5) is 0 Å². The van der Waals surface area contributed by atoms with Crippen LogP contribution in [0.1, 0.15) is 18.9 Å². The first-order chi connectivity index (χ1) is 10.0. The molecular weight excluding hydrogens is 294 g/mol. The molecule has 1 atom stereocenters. The van der Waals surface area contributed by atoms with Crippen molar-refractivity contribution in [2.24, 2.45) is 0 Å². The minimum absolute atomic E-state index is 0.173. The third-order valence-corrected chi connectivity index (χ3v) is 3.74. The van der Waals surface area contributed by atoms with Gasteiger partial charge in [-0.05, 0) is 24.1 Å². The molecule has 1 unspecified atom stereocenters. The van der Waals surface area contributed by atoms with E-state index in [0.29, 0.717) is 18.1 Å². The summed E-state index contributed by atoms with van der Waals surface area (Å²) >= 11 is 5.79. The van der Waals surface area contributed by atoms with Crippen LogP contribution in [-0.2, 0) is 11.3 Å². The zero-order valence-electron chi connectivity index (χ0n) is 12.3. The van der Waals surface area contributed by atoms with Gasteiger partial charge in [0.1, 0.15) is 0 Å². The maximum Gasteiger partial charge on any atom is 0.0898 e. The van der Waals surface area contributed by atoms with Crippen molar-refractivity contribution in [3.63, 3.8) is 0 Å². The minimum Gasteiger partial charge on any atom is -0.394 e. The molecule has 1 rings (SSSR count). The summed E-state index contributed by atoms with van der Waals surface area (Å²) < 4.78 is 5.43. The molecule has 120 valence electrons. The highest BCUT2D eigenvalue weighted by atomic mass is 35.5. The number of rotatable bonds is 10. The van der Waals surface area contributed by atoms with Crippen LogP contribution >= 0.6 is 11.6 Å². The Morgan fingerprint density at radius 2 is 1.86 bits per heavy atom. The van der Waals surface area contributed by atoms with E-state index in [1.807, 2.05) is 19.1 Å². The number of hydrogen-bond donors (Lipinski definition) is 4. The number of ether oxygens (including phenoxy) is 1. The lowest BCUT2D eigenvalue weighted by Crippen LogP contribution is -2.53. The third-order valence-electron chi connectivity index (χ3n) is 3.49. The predicted octanol–water partition coefficient (Wildman–Crippen LogP) is 0.941. The molecule has 0 radical (unpaired) electrons. The number of benzene rings is 1. The van der Waals surface area contributed by atoms with Crippen molar-refractivity contribution >= 4 is 11.6 Å². The molecule has 0 saturated carbocycles. The average molecular weight is 318 g/mol. The highest BCUT2D eigenvalue weighted by Crippen LogP contribution is 2.11. The van der Waals surface area contributed by atoms with Gasteiger partial charge in [-0.1, -0.05) is 30.7 Å². The minimum atomic E-state index is -0.753. The van der Waals surface area contributed by atoms with Gasteiger partial charge in [0, 0.05) is 11.6 Å². The van der Waals surface area contributed by atoms with Crippen molar-refractivity contribution in [3.8, 4) is 0 Å². The number of nitrogens with one attached hydrogen (secondary N) is 1. The maximum absolute atomic E-state index is 9.85. The van der Waals surface area contributed by atoms with Crippen molar-refractivity contribution in [1.29, 1.82) is 0 Å². The molecule has 0 aliphatic heterocycles. The highest BCUT2D eigenvalue weighted by Gasteiger charge is 2.26. The third kappa shape index (κ3) is 6.30. The summed E-state index contributed by atoms with van der Waals surface area (Å²) in [5.74, 6) is 0. The van der Waals surface area contributed by atoms with E-state index in [9.17, 15) is 15.3 Å². The topological polar surface area (TPSA) is 82.0 Å². The Morgan fingerprint density at radius 3 is 2.38 bits per heavy atom. The molecule has 0 fully saturated rings. The van der Waals surface area contributed by atoms with Crippen molar-refractivity contribution < 1.29 is 20.1 Å². The first-order valence-corrected chi connectivity index (χ1v) is 7.40. The first kappa shape index (κ1) is 18.4. The van der Waals surface area contributed by atoms with Gasteiger partial charge < -0.3 is 25.4 Å². The summed E-state index contributed by atoms with van der Waals surface area (Å²) in [5, 5.41) is 32.1. The maximum atomic E-state index is 9.85. The Hall–Kier alpha value is -0.690. The smallest absolute Gasteiger partial charge is 0.0898 e. The number of hydrogen-bond acceptors (Lipinski definition) is 5. The molecule has 6 heteroatoms. The summed E-state index contributed by atoms with van der Waals surface area (Å²) in [4.78, 5) is 0. The molecule has 0 bridgehead atoms. The molecule has 4 N–H and O–H groups in total. The van der Waals surface area contributed by atoms with Crippen LogP contribution in [0.3, 0.4) is 0 Å². The van der Waals surface area contributed by atoms with Crippen LogP contribution in [-0.4, -0.2) is 53.3 Å². The summed E-state index contributed by atoms with van der Waals surface area (Å²) in [6.45, 7) is 2.31. The van der Waals surface area contributed by atoms with Crippen LogP contribution in [0.25, 0.3) is 0 Å². The second-order valence-electron chi connectivity index (χ2n) is 5.13. The zero-order chi connectivity index (χ0) is 15.7. The van der Waals surface area contributed by atoms with Gasteiger partial charge in [0.25, 0.3) is 0 Å². The van der Waals surface area contributed by atoms with E-state index in [4.69, 9.17) is 16.3 Å². The number of aliphatic hydroxyl groups is 3. The number of aliphatic hydroxyl groups excluding tert-OH is 3. The van der Waals surface area contributed by atoms with Gasteiger partial charge in [-0.25, -0.2) is 0 Å². The molecule has 0 aliphatic carbocycles. The molecule has 0 saturated heterocycles. The first-order valence-electron chi connectivity index (χ1n) is 7.02. The standard InChI is InChI=1S/C15H24ClNO4/c1-2-15(10-18,11-19)17-7-14(20)9-21-8-12-3-5-13(16)6-4-12/h3-6,14,17-20H,2,7-11H2,1H3. The fraction of sp³-hybridized carbons (Fsp3) is 0.600. The zero-order valence-corrected chi connectivity index (χ0v) is 13.0. The van der Waals surface area contributed by atoms with Crippen LogP contribution < -0.4 is 5.32 Å². The Labute approximate surface area is 130 Å². The second kappa shape index (κ2) is 9.35. The molecule has 5 nitrogen and oxygen atoms in total. The average Bonchev–Trinajstić information content (AvgIpc) is 2.51. The lowest BCUT2D eigenvalue weighted by molar-refractivity contribution is 0.0154. The molecule has 1 aromatic rings. The lowest BCUT2D eigenvalue weighted by Gasteiger charge is -2.30. The summed E-state index contributed by atoms with van der Waals surface area (Å²) in [5.41, 5.74) is 0.227. The molecule has 0 amide bonds. The molecular formula is C15H24ClNO4. The fourth-order valence-corrected chi connectivity index (χ4v) is 1.92. The normalized spacial score (nSPS) is 13.4. The van der Waals surface area contributed by atoms with Gasteiger partial charge in [-0.15, -0.1) is 0 Å². The van der Waals surface area contributed by atoms with Crippen molar-refractivity contribution in [2.45, 2.75) is 31.6 Å². The molecule has 1 aromatic carbocycles. The molecule has 0 aromatic heterocycles. The van der Waals surface area contributed by atoms with Crippen LogP contribution in [0.5, 0.6) is 0 Å². The summed E-state index contributed by atoms with van der Waals surface area (Å²) in [6.07, 6.45) is -0.139. The van der Waals surface area contributed by atoms with Gasteiger partial charge in [-0.2, -0.15) is 0 Å². The van der Waals surface area contributed by atoms with Gasteiger partial charge in [-0.3, -0.25) is 0 Å². The van der Waals surface area contributed by atoms with E-state index >= 15 is 0 Å². The Morgan fingerprint density at radius 1 is 1.24 bits per heavy atom. The van der Waals surface area contributed by atoms with Crippen LogP contribution in [0.15, 0.2) is 24.3 Å². The summed E-state index contributed by atoms with van der Waals surface area (Å²) in [7, 11) is 0. The highest BCUT2D eigenvalue weighted by molar-refractivity contribution is 6.30. The van der Waals surface area contributed by atoms with Gasteiger partial charge in [0.15, 0.2) is 0 Å². The molecule has 0 spiro atoms. The second-order valence-corrected chi connectivity index (χ2v) is 5.56. The van der Waals surface area contributed by atoms with E-state index < -0.39 is 11.6 Å². The number of β-amino-alcohol motifs (C(OH)–C–C–N with tert-alkyl or cyclic N) is 1.